The predicted molar refractivity (Wildman–Crippen MR) is 61.3 cm³/mol. The van der Waals surface area contributed by atoms with E-state index in [4.69, 9.17) is 4.74 Å². The van der Waals surface area contributed by atoms with Crippen LogP contribution in [0.25, 0.3) is 0 Å². The minimum absolute atomic E-state index is 0.0228. The van der Waals surface area contributed by atoms with Crippen LogP contribution in [0.15, 0.2) is 24.3 Å². The fraction of sp³-hybridized carbons (Fsp3) is 0.400. The molecule has 4 nitrogen and oxygen atoms in total. The van der Waals surface area contributed by atoms with Crippen LogP contribution >= 0.6 is 11.8 Å². The minimum atomic E-state index is -0.431. The number of nitrogens with zero attached hydrogens (tertiary/aromatic N) is 1. The van der Waals surface area contributed by atoms with Gasteiger partial charge in [0.15, 0.2) is 5.75 Å². The summed E-state index contributed by atoms with van der Waals surface area (Å²) >= 11 is 1.62. The van der Waals surface area contributed by atoms with Gasteiger partial charge < -0.3 is 4.74 Å². The third-order valence-corrected chi connectivity index (χ3v) is 2.69. The summed E-state index contributed by atoms with van der Waals surface area (Å²) < 4.78 is 5.32. The van der Waals surface area contributed by atoms with Crippen molar-refractivity contribution in [3.8, 4) is 5.75 Å². The molecule has 0 aliphatic rings. The number of hydrogen-bond donors (Lipinski definition) is 0. The summed E-state index contributed by atoms with van der Waals surface area (Å²) in [7, 11) is 0. The van der Waals surface area contributed by atoms with Crippen LogP contribution in [0.2, 0.25) is 0 Å². The van der Waals surface area contributed by atoms with E-state index in [1.165, 1.54) is 6.07 Å². The van der Waals surface area contributed by atoms with Gasteiger partial charge in [-0.15, -0.1) is 11.8 Å². The van der Waals surface area contributed by atoms with Crippen LogP contribution in [0.5, 0.6) is 5.75 Å². The molecule has 0 radical (unpaired) electrons. The molecule has 0 aliphatic heterocycles. The molecule has 0 N–H and O–H groups in total. The van der Waals surface area contributed by atoms with Crippen LogP contribution in [0.3, 0.4) is 0 Å². The average Bonchev–Trinajstić information content (AvgIpc) is 2.25. The van der Waals surface area contributed by atoms with Crippen molar-refractivity contribution in [1.29, 1.82) is 0 Å². The van der Waals surface area contributed by atoms with Crippen LogP contribution in [0, 0.1) is 10.1 Å². The Kier molecular flexibility index (Phi) is 4.97. The lowest BCUT2D eigenvalue weighted by Gasteiger charge is -2.05. The van der Waals surface area contributed by atoms with E-state index in [0.717, 1.165) is 12.2 Å². The summed E-state index contributed by atoms with van der Waals surface area (Å²) in [4.78, 5) is 10.2. The van der Waals surface area contributed by atoms with E-state index in [-0.39, 0.29) is 5.69 Å². The van der Waals surface area contributed by atoms with Gasteiger partial charge in [-0.1, -0.05) is 19.1 Å². The first-order valence-corrected chi connectivity index (χ1v) is 5.85. The second-order valence-corrected chi connectivity index (χ2v) is 3.95. The number of rotatable bonds is 6. The van der Waals surface area contributed by atoms with Gasteiger partial charge in [0.05, 0.1) is 4.92 Å². The Morgan fingerprint density at radius 1 is 1.47 bits per heavy atom. The first-order valence-electron chi connectivity index (χ1n) is 4.69. The number of benzene rings is 1. The van der Waals surface area contributed by atoms with Gasteiger partial charge in [0, 0.05) is 6.07 Å². The van der Waals surface area contributed by atoms with Gasteiger partial charge in [0.2, 0.25) is 0 Å². The lowest BCUT2D eigenvalue weighted by Crippen LogP contribution is -1.97. The Morgan fingerprint density at radius 2 is 2.20 bits per heavy atom. The van der Waals surface area contributed by atoms with E-state index in [1.54, 1.807) is 30.0 Å². The Hall–Kier alpha value is -1.23. The Balaban J connectivity index is 2.56. The fourth-order valence-electron chi connectivity index (χ4n) is 1.04. The fourth-order valence-corrected chi connectivity index (χ4v) is 1.66. The van der Waals surface area contributed by atoms with Crippen LogP contribution in [0.1, 0.15) is 13.3 Å². The Labute approximate surface area is 92.8 Å². The monoisotopic (exact) mass is 227 g/mol. The third kappa shape index (κ3) is 3.79. The molecular formula is C10H13NO3S. The maximum absolute atomic E-state index is 10.6. The van der Waals surface area contributed by atoms with E-state index in [9.17, 15) is 10.1 Å². The van der Waals surface area contributed by atoms with E-state index >= 15 is 0 Å². The molecule has 0 aromatic heterocycles. The van der Waals surface area contributed by atoms with Gasteiger partial charge >= 0.3 is 5.69 Å². The van der Waals surface area contributed by atoms with Crippen LogP contribution < -0.4 is 4.74 Å². The highest BCUT2D eigenvalue weighted by Gasteiger charge is 2.12. The predicted octanol–water partition coefficient (Wildman–Crippen LogP) is 3.07. The summed E-state index contributed by atoms with van der Waals surface area (Å²) in [5, 5.41) is 10.6. The topological polar surface area (TPSA) is 52.4 Å². The van der Waals surface area contributed by atoms with Crippen molar-refractivity contribution in [3.63, 3.8) is 0 Å². The van der Waals surface area contributed by atoms with Crippen molar-refractivity contribution in [2.75, 3.05) is 11.7 Å². The molecule has 5 heteroatoms. The molecule has 0 unspecified atom stereocenters. The molecule has 0 amide bonds. The average molecular weight is 227 g/mol. The summed E-state index contributed by atoms with van der Waals surface area (Å²) in [6.07, 6.45) is 1.07. The van der Waals surface area contributed by atoms with Crippen LogP contribution in [0.4, 0.5) is 5.69 Å². The molecule has 0 fully saturated rings. The SMILES string of the molecule is CCCSCOc1ccccc1[N+](=O)[O-]. The standard InChI is InChI=1S/C10H13NO3S/c1-2-7-15-8-14-10-6-4-3-5-9(10)11(12)13/h3-6H,2,7-8H2,1H3. The summed E-state index contributed by atoms with van der Waals surface area (Å²) in [6.45, 7) is 2.08. The smallest absolute Gasteiger partial charge is 0.310 e. The highest BCUT2D eigenvalue weighted by molar-refractivity contribution is 7.99. The van der Waals surface area contributed by atoms with Crippen molar-refractivity contribution < 1.29 is 9.66 Å². The number of nitro groups is 1. The molecule has 0 saturated carbocycles. The molecule has 0 atom stereocenters. The summed E-state index contributed by atoms with van der Waals surface area (Å²) in [5.74, 6) is 1.80. The third-order valence-electron chi connectivity index (χ3n) is 1.71. The lowest BCUT2D eigenvalue weighted by atomic mass is 10.3. The zero-order chi connectivity index (χ0) is 11.1. The van der Waals surface area contributed by atoms with Gasteiger partial charge in [-0.05, 0) is 18.2 Å². The summed E-state index contributed by atoms with van der Waals surface area (Å²) in [6, 6.07) is 6.42. The van der Waals surface area contributed by atoms with Crippen molar-refractivity contribution in [1.82, 2.24) is 0 Å². The van der Waals surface area contributed by atoms with Gasteiger partial charge in [-0.25, -0.2) is 0 Å². The second kappa shape index (κ2) is 6.29. The first kappa shape index (κ1) is 11.8. The van der Waals surface area contributed by atoms with Crippen LogP contribution in [-0.4, -0.2) is 16.6 Å². The maximum atomic E-state index is 10.6. The van der Waals surface area contributed by atoms with E-state index in [1.807, 2.05) is 0 Å². The number of ether oxygens (including phenoxy) is 1. The molecule has 0 saturated heterocycles. The molecule has 0 heterocycles. The van der Waals surface area contributed by atoms with Gasteiger partial charge in [-0.2, -0.15) is 0 Å². The van der Waals surface area contributed by atoms with Crippen molar-refractivity contribution in [3.05, 3.63) is 34.4 Å². The van der Waals surface area contributed by atoms with Gasteiger partial charge in [0.25, 0.3) is 0 Å². The molecule has 1 aromatic carbocycles. The number of nitro benzene ring substituents is 1. The first-order chi connectivity index (χ1) is 7.25. The number of hydrogen-bond acceptors (Lipinski definition) is 4. The highest BCUT2D eigenvalue weighted by Crippen LogP contribution is 2.26. The quantitative estimate of drug-likeness (QED) is 0.324. The molecule has 1 aromatic rings. The Morgan fingerprint density at radius 3 is 2.87 bits per heavy atom. The van der Waals surface area contributed by atoms with Gasteiger partial charge in [0.1, 0.15) is 5.94 Å². The van der Waals surface area contributed by atoms with Gasteiger partial charge in [-0.3, -0.25) is 10.1 Å². The number of thioether (sulfide) groups is 1. The molecule has 0 bridgehead atoms. The van der Waals surface area contributed by atoms with E-state index in [0.29, 0.717) is 11.7 Å². The van der Waals surface area contributed by atoms with E-state index in [2.05, 4.69) is 6.92 Å². The zero-order valence-corrected chi connectivity index (χ0v) is 9.33. The zero-order valence-electron chi connectivity index (χ0n) is 8.51. The maximum Gasteiger partial charge on any atom is 0.310 e. The second-order valence-electron chi connectivity index (χ2n) is 2.90. The van der Waals surface area contributed by atoms with Crippen LogP contribution in [-0.2, 0) is 0 Å². The number of para-hydroxylation sites is 2. The van der Waals surface area contributed by atoms with Crippen molar-refractivity contribution in [2.24, 2.45) is 0 Å². The molecule has 0 aliphatic carbocycles. The Bertz CT molecular complexity index is 330. The molecule has 82 valence electrons. The van der Waals surface area contributed by atoms with Crippen molar-refractivity contribution >= 4 is 17.4 Å². The van der Waals surface area contributed by atoms with Crippen molar-refractivity contribution in [2.45, 2.75) is 13.3 Å². The highest BCUT2D eigenvalue weighted by atomic mass is 32.2. The summed E-state index contributed by atoms with van der Waals surface area (Å²) in [5.41, 5.74) is 0.0228. The molecular weight excluding hydrogens is 214 g/mol. The van der Waals surface area contributed by atoms with E-state index < -0.39 is 4.92 Å². The molecule has 1 rings (SSSR count). The molecule has 15 heavy (non-hydrogen) atoms. The lowest BCUT2D eigenvalue weighted by molar-refractivity contribution is -0.385. The minimum Gasteiger partial charge on any atom is -0.476 e. The normalized spacial score (nSPS) is 9.93. The molecule has 0 spiro atoms. The largest absolute Gasteiger partial charge is 0.476 e.